The largest absolute Gasteiger partial charge is 0.370 e. The topological polar surface area (TPSA) is 117 Å². The Hall–Kier alpha value is -1.18. The van der Waals surface area contributed by atoms with Gasteiger partial charge in [0.2, 0.25) is 11.8 Å². The smallest absolute Gasteiger partial charge is 0.249 e. The van der Waals surface area contributed by atoms with E-state index in [1.807, 2.05) is 0 Å². The maximum atomic E-state index is 11.6. The van der Waals surface area contributed by atoms with Crippen LogP contribution < -0.4 is 16.8 Å². The highest BCUT2D eigenvalue weighted by atomic mass is 16.5. The lowest BCUT2D eigenvalue weighted by atomic mass is 10.2. The first-order chi connectivity index (χ1) is 8.13. The fraction of sp³-hybridized carbons (Fsp3) is 0.800. The van der Waals surface area contributed by atoms with Crippen LogP contribution in [0.15, 0.2) is 0 Å². The Morgan fingerprint density at radius 1 is 1.41 bits per heavy atom. The number of carbonyl (C=O) groups is 2. The zero-order valence-electron chi connectivity index (χ0n) is 9.69. The number of nitrogens with one attached hydrogen (secondary N) is 1. The standard InChI is InChI=1S/C10H19N3O4/c11-5-7-1-2-8(17-7)10(15)13-3-4-16-6-9(12)14/h7-8H,1-6,11H2,(H2,12,14)(H,13,15). The molecule has 2 unspecified atom stereocenters. The van der Waals surface area contributed by atoms with Crippen molar-refractivity contribution < 1.29 is 19.1 Å². The lowest BCUT2D eigenvalue weighted by Gasteiger charge is -2.12. The van der Waals surface area contributed by atoms with Crippen molar-refractivity contribution in [1.29, 1.82) is 0 Å². The third-order valence-electron chi connectivity index (χ3n) is 2.45. The minimum absolute atomic E-state index is 0.0168. The van der Waals surface area contributed by atoms with Gasteiger partial charge in [-0.2, -0.15) is 0 Å². The molecular formula is C10H19N3O4. The van der Waals surface area contributed by atoms with Crippen LogP contribution in [0.5, 0.6) is 0 Å². The van der Waals surface area contributed by atoms with Gasteiger partial charge in [0.25, 0.3) is 0 Å². The minimum atomic E-state index is -0.527. The molecule has 7 nitrogen and oxygen atoms in total. The summed E-state index contributed by atoms with van der Waals surface area (Å²) in [6.07, 6.45) is 1.07. The van der Waals surface area contributed by atoms with Gasteiger partial charge in [-0.3, -0.25) is 9.59 Å². The summed E-state index contributed by atoms with van der Waals surface area (Å²) in [5.74, 6) is -0.690. The van der Waals surface area contributed by atoms with E-state index < -0.39 is 12.0 Å². The normalized spacial score (nSPS) is 23.6. The zero-order chi connectivity index (χ0) is 12.7. The Kier molecular flexibility index (Phi) is 5.88. The van der Waals surface area contributed by atoms with E-state index in [2.05, 4.69) is 5.32 Å². The van der Waals surface area contributed by atoms with E-state index in [-0.39, 0.29) is 25.2 Å². The molecule has 0 aromatic heterocycles. The molecule has 1 aliphatic rings. The third kappa shape index (κ3) is 5.12. The number of amides is 2. The zero-order valence-corrected chi connectivity index (χ0v) is 9.69. The number of carbonyl (C=O) groups excluding carboxylic acids is 2. The van der Waals surface area contributed by atoms with Crippen molar-refractivity contribution in [3.63, 3.8) is 0 Å². The highest BCUT2D eigenvalue weighted by Crippen LogP contribution is 2.18. The van der Waals surface area contributed by atoms with E-state index in [9.17, 15) is 9.59 Å². The average Bonchev–Trinajstić information content (AvgIpc) is 2.76. The van der Waals surface area contributed by atoms with Crippen LogP contribution in [0.3, 0.4) is 0 Å². The Balaban J connectivity index is 2.07. The number of nitrogens with two attached hydrogens (primary N) is 2. The first-order valence-electron chi connectivity index (χ1n) is 5.62. The molecule has 0 saturated carbocycles. The van der Waals surface area contributed by atoms with Crippen LogP contribution in [-0.2, 0) is 19.1 Å². The molecule has 1 rings (SSSR count). The van der Waals surface area contributed by atoms with Gasteiger partial charge in [0, 0.05) is 13.1 Å². The van der Waals surface area contributed by atoms with Gasteiger partial charge in [-0.15, -0.1) is 0 Å². The number of ether oxygens (including phenoxy) is 2. The molecular weight excluding hydrogens is 226 g/mol. The van der Waals surface area contributed by atoms with E-state index in [0.29, 0.717) is 19.5 Å². The van der Waals surface area contributed by atoms with Crippen LogP contribution in [0.4, 0.5) is 0 Å². The quantitative estimate of drug-likeness (QED) is 0.453. The molecule has 5 N–H and O–H groups in total. The molecule has 0 aliphatic carbocycles. The summed E-state index contributed by atoms with van der Waals surface area (Å²) in [4.78, 5) is 21.9. The first-order valence-corrected chi connectivity index (χ1v) is 5.62. The summed E-state index contributed by atoms with van der Waals surface area (Å²) in [6, 6.07) is 0. The summed E-state index contributed by atoms with van der Waals surface area (Å²) in [5, 5.41) is 2.66. The van der Waals surface area contributed by atoms with Crippen LogP contribution in [0.25, 0.3) is 0 Å². The van der Waals surface area contributed by atoms with Crippen LogP contribution in [0.2, 0.25) is 0 Å². The Morgan fingerprint density at radius 2 is 2.18 bits per heavy atom. The van der Waals surface area contributed by atoms with Gasteiger partial charge in [0.1, 0.15) is 12.7 Å². The molecule has 0 radical (unpaired) electrons. The van der Waals surface area contributed by atoms with Crippen molar-refractivity contribution in [1.82, 2.24) is 5.32 Å². The second-order valence-corrected chi connectivity index (χ2v) is 3.87. The number of hydrogen-bond acceptors (Lipinski definition) is 5. The van der Waals surface area contributed by atoms with E-state index in [0.717, 1.165) is 6.42 Å². The third-order valence-corrected chi connectivity index (χ3v) is 2.45. The Bertz CT molecular complexity index is 272. The van der Waals surface area contributed by atoms with Crippen molar-refractivity contribution in [2.24, 2.45) is 11.5 Å². The maximum Gasteiger partial charge on any atom is 0.249 e. The second kappa shape index (κ2) is 7.21. The van der Waals surface area contributed by atoms with Crippen LogP contribution in [0.1, 0.15) is 12.8 Å². The summed E-state index contributed by atoms with van der Waals surface area (Å²) < 4.78 is 10.3. The molecule has 1 aliphatic heterocycles. The van der Waals surface area contributed by atoms with Crippen molar-refractivity contribution >= 4 is 11.8 Å². The van der Waals surface area contributed by atoms with Crippen molar-refractivity contribution in [2.75, 3.05) is 26.3 Å². The SMILES string of the molecule is NCC1CCC(C(=O)NCCOCC(N)=O)O1. The van der Waals surface area contributed by atoms with Gasteiger partial charge in [-0.25, -0.2) is 0 Å². The Morgan fingerprint density at radius 3 is 2.76 bits per heavy atom. The predicted octanol–water partition coefficient (Wildman–Crippen LogP) is -1.89. The van der Waals surface area contributed by atoms with Gasteiger partial charge in [-0.1, -0.05) is 0 Å². The van der Waals surface area contributed by atoms with Crippen LogP contribution in [0, 0.1) is 0 Å². The number of hydrogen-bond donors (Lipinski definition) is 3. The molecule has 0 spiro atoms. The number of primary amides is 1. The Labute approximate surface area is 99.8 Å². The van der Waals surface area contributed by atoms with Crippen molar-refractivity contribution in [2.45, 2.75) is 25.0 Å². The minimum Gasteiger partial charge on any atom is -0.370 e. The van der Waals surface area contributed by atoms with Gasteiger partial charge in [0.15, 0.2) is 0 Å². The fourth-order valence-corrected chi connectivity index (χ4v) is 1.60. The van der Waals surface area contributed by atoms with Crippen LogP contribution >= 0.6 is 0 Å². The number of rotatable bonds is 7. The highest BCUT2D eigenvalue weighted by Gasteiger charge is 2.29. The molecule has 1 heterocycles. The monoisotopic (exact) mass is 245 g/mol. The lowest BCUT2D eigenvalue weighted by molar-refractivity contribution is -0.132. The lowest BCUT2D eigenvalue weighted by Crippen LogP contribution is -2.37. The van der Waals surface area contributed by atoms with Gasteiger partial charge in [0.05, 0.1) is 12.7 Å². The second-order valence-electron chi connectivity index (χ2n) is 3.87. The molecule has 2 amide bonds. The van der Waals surface area contributed by atoms with Gasteiger partial charge < -0.3 is 26.3 Å². The average molecular weight is 245 g/mol. The molecule has 98 valence electrons. The summed E-state index contributed by atoms with van der Waals surface area (Å²) in [5.41, 5.74) is 10.3. The van der Waals surface area contributed by atoms with E-state index in [4.69, 9.17) is 20.9 Å². The maximum absolute atomic E-state index is 11.6. The molecule has 1 saturated heterocycles. The first kappa shape index (κ1) is 13.9. The van der Waals surface area contributed by atoms with Crippen molar-refractivity contribution in [3.05, 3.63) is 0 Å². The van der Waals surface area contributed by atoms with Gasteiger partial charge in [-0.05, 0) is 12.8 Å². The molecule has 0 aromatic carbocycles. The van der Waals surface area contributed by atoms with E-state index in [1.165, 1.54) is 0 Å². The molecule has 1 fully saturated rings. The summed E-state index contributed by atoms with van der Waals surface area (Å²) >= 11 is 0. The molecule has 17 heavy (non-hydrogen) atoms. The summed E-state index contributed by atoms with van der Waals surface area (Å²) in [7, 11) is 0. The molecule has 7 heteroatoms. The highest BCUT2D eigenvalue weighted by molar-refractivity contribution is 5.81. The van der Waals surface area contributed by atoms with E-state index in [1.54, 1.807) is 0 Å². The molecule has 2 atom stereocenters. The predicted molar refractivity (Wildman–Crippen MR) is 60.0 cm³/mol. The van der Waals surface area contributed by atoms with Gasteiger partial charge >= 0.3 is 0 Å². The van der Waals surface area contributed by atoms with Crippen LogP contribution in [-0.4, -0.2) is 50.3 Å². The molecule has 0 aromatic rings. The van der Waals surface area contributed by atoms with Crippen molar-refractivity contribution in [3.8, 4) is 0 Å². The fourth-order valence-electron chi connectivity index (χ4n) is 1.60. The van der Waals surface area contributed by atoms with E-state index >= 15 is 0 Å². The summed E-state index contributed by atoms with van der Waals surface area (Å²) in [6.45, 7) is 0.886. The molecule has 0 bridgehead atoms.